The molecule has 3 heterocycles. The molecule has 2 N–H and O–H groups in total. The molecule has 1 aliphatic carbocycles. The summed E-state index contributed by atoms with van der Waals surface area (Å²) in [5.41, 5.74) is 8.20. The lowest BCUT2D eigenvalue weighted by Crippen LogP contribution is -2.35. The van der Waals surface area contributed by atoms with Crippen LogP contribution in [0.1, 0.15) is 56.1 Å². The Bertz CT molecular complexity index is 1740. The summed E-state index contributed by atoms with van der Waals surface area (Å²) in [7, 11) is 3.38. The summed E-state index contributed by atoms with van der Waals surface area (Å²) >= 11 is 1.55. The fourth-order valence-electron chi connectivity index (χ4n) is 5.02. The van der Waals surface area contributed by atoms with E-state index in [0.717, 1.165) is 46.1 Å². The molecule has 0 atom stereocenters. The van der Waals surface area contributed by atoms with Crippen molar-refractivity contribution in [1.29, 1.82) is 0 Å². The molecule has 3 aromatic heterocycles. The first-order chi connectivity index (χ1) is 19.8. The van der Waals surface area contributed by atoms with E-state index in [1.165, 1.54) is 4.90 Å². The number of H-pyrrole nitrogens is 1. The number of aryl methyl sites for hydroxylation is 1. The SMILES string of the molecule is Cc1cc(COCc2cscn2)ccc1C(=O)NC1(c2cc(-c3cc(C(=O)N(C)C)n[nH]3)nc3ccccc23)CC1. The highest BCUT2D eigenvalue weighted by atomic mass is 32.1. The van der Waals surface area contributed by atoms with E-state index in [4.69, 9.17) is 9.72 Å². The number of carbonyl (C=O) groups excluding carboxylic acids is 2. The van der Waals surface area contributed by atoms with Gasteiger partial charge in [-0.1, -0.05) is 30.3 Å². The monoisotopic (exact) mass is 566 g/mol. The number of hydrogen-bond donors (Lipinski definition) is 2. The molecule has 208 valence electrons. The van der Waals surface area contributed by atoms with Gasteiger partial charge in [-0.3, -0.25) is 14.7 Å². The zero-order valence-electron chi connectivity index (χ0n) is 23.1. The van der Waals surface area contributed by atoms with Crippen molar-refractivity contribution in [1.82, 2.24) is 30.4 Å². The van der Waals surface area contributed by atoms with Crippen molar-refractivity contribution in [2.75, 3.05) is 14.1 Å². The van der Waals surface area contributed by atoms with Gasteiger partial charge in [0.25, 0.3) is 11.8 Å². The van der Waals surface area contributed by atoms with Crippen LogP contribution in [0.4, 0.5) is 0 Å². The van der Waals surface area contributed by atoms with Crippen molar-refractivity contribution in [2.24, 2.45) is 0 Å². The second-order valence-corrected chi connectivity index (χ2v) is 11.3. The molecule has 1 aliphatic rings. The molecule has 0 aliphatic heterocycles. The molecule has 41 heavy (non-hydrogen) atoms. The van der Waals surface area contributed by atoms with Crippen molar-refractivity contribution in [3.05, 3.63) is 99.1 Å². The number of rotatable bonds is 9. The number of ether oxygens (including phenoxy) is 1. The molecule has 2 aromatic carbocycles. The van der Waals surface area contributed by atoms with E-state index in [1.54, 1.807) is 37.0 Å². The lowest BCUT2D eigenvalue weighted by Gasteiger charge is -2.21. The van der Waals surface area contributed by atoms with Gasteiger partial charge < -0.3 is 15.0 Å². The third-order valence-corrected chi connectivity index (χ3v) is 7.99. The van der Waals surface area contributed by atoms with Crippen LogP contribution in [0.15, 0.2) is 65.5 Å². The predicted molar refractivity (Wildman–Crippen MR) is 158 cm³/mol. The summed E-state index contributed by atoms with van der Waals surface area (Å²) in [4.78, 5) is 36.6. The third kappa shape index (κ3) is 5.48. The fourth-order valence-corrected chi connectivity index (χ4v) is 5.57. The predicted octanol–water partition coefficient (Wildman–Crippen LogP) is 5.23. The minimum absolute atomic E-state index is 0.113. The fraction of sp³-hybridized carbons (Fsp3) is 0.258. The molecule has 0 radical (unpaired) electrons. The molecule has 0 unspecified atom stereocenters. The molecule has 10 heteroatoms. The number of nitrogens with one attached hydrogen (secondary N) is 2. The van der Waals surface area contributed by atoms with Crippen LogP contribution in [0, 0.1) is 6.92 Å². The van der Waals surface area contributed by atoms with Gasteiger partial charge >= 0.3 is 0 Å². The highest BCUT2D eigenvalue weighted by Gasteiger charge is 2.47. The van der Waals surface area contributed by atoms with Gasteiger partial charge in [0, 0.05) is 30.4 Å². The average molecular weight is 567 g/mol. The molecular weight excluding hydrogens is 536 g/mol. The molecule has 2 amide bonds. The van der Waals surface area contributed by atoms with Crippen molar-refractivity contribution in [2.45, 2.75) is 38.5 Å². The summed E-state index contributed by atoms with van der Waals surface area (Å²) in [6, 6.07) is 17.4. The third-order valence-electron chi connectivity index (χ3n) is 7.35. The van der Waals surface area contributed by atoms with Crippen LogP contribution >= 0.6 is 11.3 Å². The molecule has 1 fully saturated rings. The summed E-state index contributed by atoms with van der Waals surface area (Å²) in [6.07, 6.45) is 1.64. The van der Waals surface area contributed by atoms with Gasteiger partial charge in [-0.05, 0) is 60.7 Å². The number of amides is 2. The summed E-state index contributed by atoms with van der Waals surface area (Å²) < 4.78 is 5.79. The molecule has 0 spiro atoms. The van der Waals surface area contributed by atoms with Crippen LogP contribution in [0.25, 0.3) is 22.3 Å². The molecule has 5 aromatic rings. The maximum atomic E-state index is 13.6. The summed E-state index contributed by atoms with van der Waals surface area (Å²) in [6.45, 7) is 2.86. The summed E-state index contributed by atoms with van der Waals surface area (Å²) in [5.74, 6) is -0.301. The van der Waals surface area contributed by atoms with Crippen LogP contribution in [0.2, 0.25) is 0 Å². The van der Waals surface area contributed by atoms with E-state index >= 15 is 0 Å². The van der Waals surface area contributed by atoms with E-state index < -0.39 is 5.54 Å². The molecule has 0 bridgehead atoms. The zero-order valence-corrected chi connectivity index (χ0v) is 23.9. The highest BCUT2D eigenvalue weighted by Crippen LogP contribution is 2.48. The lowest BCUT2D eigenvalue weighted by molar-refractivity contribution is 0.0821. The number of nitrogens with zero attached hydrogens (tertiary/aromatic N) is 4. The second kappa shape index (κ2) is 10.9. The molecule has 9 nitrogen and oxygen atoms in total. The number of aromatic amines is 1. The van der Waals surface area contributed by atoms with Gasteiger partial charge in [-0.25, -0.2) is 9.97 Å². The topological polar surface area (TPSA) is 113 Å². The number of para-hydroxylation sites is 1. The normalized spacial score (nSPS) is 13.7. The molecule has 0 saturated heterocycles. The van der Waals surface area contributed by atoms with Crippen LogP contribution < -0.4 is 5.32 Å². The lowest BCUT2D eigenvalue weighted by atomic mass is 9.97. The van der Waals surface area contributed by atoms with Crippen LogP contribution in [-0.2, 0) is 23.5 Å². The Kier molecular flexibility index (Phi) is 7.10. The Balaban J connectivity index is 1.25. The van der Waals surface area contributed by atoms with Crippen molar-refractivity contribution < 1.29 is 14.3 Å². The summed E-state index contributed by atoms with van der Waals surface area (Å²) in [5, 5.41) is 13.5. The number of thiazole rings is 1. The average Bonchev–Trinajstić information content (AvgIpc) is 3.33. The smallest absolute Gasteiger partial charge is 0.273 e. The van der Waals surface area contributed by atoms with Crippen LogP contribution in [0.5, 0.6) is 0 Å². The van der Waals surface area contributed by atoms with E-state index in [-0.39, 0.29) is 11.8 Å². The number of hydrogen-bond acceptors (Lipinski definition) is 7. The number of aromatic nitrogens is 4. The van der Waals surface area contributed by atoms with Crippen LogP contribution in [0.3, 0.4) is 0 Å². The molecule has 6 rings (SSSR count). The van der Waals surface area contributed by atoms with E-state index in [1.807, 2.05) is 60.8 Å². The quantitative estimate of drug-likeness (QED) is 0.253. The van der Waals surface area contributed by atoms with E-state index in [9.17, 15) is 9.59 Å². The van der Waals surface area contributed by atoms with Gasteiger partial charge in [-0.15, -0.1) is 11.3 Å². The van der Waals surface area contributed by atoms with Gasteiger partial charge in [0.2, 0.25) is 0 Å². The maximum absolute atomic E-state index is 13.6. The number of benzene rings is 2. The van der Waals surface area contributed by atoms with Crippen molar-refractivity contribution in [3.8, 4) is 11.4 Å². The Labute approximate surface area is 241 Å². The minimum atomic E-state index is -0.502. The maximum Gasteiger partial charge on any atom is 0.273 e. The van der Waals surface area contributed by atoms with Crippen LogP contribution in [-0.4, -0.2) is 51.0 Å². The van der Waals surface area contributed by atoms with Crippen molar-refractivity contribution >= 4 is 34.1 Å². The standard InChI is InChI=1S/C31H30N6O3S/c1-19-12-20(15-40-16-21-17-41-18-32-21)8-9-22(19)29(38)34-31(10-11-31)24-13-26(33-25-7-5-4-6-23(24)25)27-14-28(36-35-27)30(39)37(2)3/h4-9,12-14,17-18H,10-11,15-16H2,1-3H3,(H,34,38)(H,35,36). The first-order valence-electron chi connectivity index (χ1n) is 13.4. The van der Waals surface area contributed by atoms with Gasteiger partial charge in [0.15, 0.2) is 5.69 Å². The first-order valence-corrected chi connectivity index (χ1v) is 14.3. The van der Waals surface area contributed by atoms with Gasteiger partial charge in [-0.2, -0.15) is 5.10 Å². The Morgan fingerprint density at radius 2 is 1.93 bits per heavy atom. The number of pyridine rings is 1. The largest absolute Gasteiger partial charge is 0.370 e. The molecule has 1 saturated carbocycles. The minimum Gasteiger partial charge on any atom is -0.370 e. The Morgan fingerprint density at radius 1 is 1.10 bits per heavy atom. The second-order valence-electron chi connectivity index (χ2n) is 10.6. The highest BCUT2D eigenvalue weighted by molar-refractivity contribution is 7.07. The van der Waals surface area contributed by atoms with E-state index in [0.29, 0.717) is 35.9 Å². The Morgan fingerprint density at radius 3 is 2.66 bits per heavy atom. The van der Waals surface area contributed by atoms with Gasteiger partial charge in [0.05, 0.1) is 46.9 Å². The van der Waals surface area contributed by atoms with E-state index in [2.05, 4.69) is 20.5 Å². The Hall–Kier alpha value is -4.41. The van der Waals surface area contributed by atoms with Gasteiger partial charge in [0.1, 0.15) is 0 Å². The number of carbonyl (C=O) groups is 2. The van der Waals surface area contributed by atoms with Crippen molar-refractivity contribution in [3.63, 3.8) is 0 Å². The zero-order chi connectivity index (χ0) is 28.6. The molecular formula is C31H30N6O3S. The number of fused-ring (bicyclic) bond motifs is 1. The first kappa shape index (κ1) is 26.8.